The van der Waals surface area contributed by atoms with E-state index in [1.165, 1.54) is 25.7 Å². The third-order valence-electron chi connectivity index (χ3n) is 4.37. The van der Waals surface area contributed by atoms with Gasteiger partial charge in [0.15, 0.2) is 0 Å². The van der Waals surface area contributed by atoms with Crippen LogP contribution in [0.4, 0.5) is 17.8 Å². The maximum atomic E-state index is 4.70. The van der Waals surface area contributed by atoms with Gasteiger partial charge in [0.05, 0.1) is 0 Å². The molecule has 1 atom stereocenters. The highest BCUT2D eigenvalue weighted by molar-refractivity contribution is 5.46. The zero-order valence-corrected chi connectivity index (χ0v) is 12.5. The fourth-order valence-corrected chi connectivity index (χ4v) is 3.01. The summed E-state index contributed by atoms with van der Waals surface area (Å²) in [7, 11) is 1.87. The van der Waals surface area contributed by atoms with Gasteiger partial charge in [0.25, 0.3) is 0 Å². The summed E-state index contributed by atoms with van der Waals surface area (Å²) in [4.78, 5) is 18.3. The van der Waals surface area contributed by atoms with Crippen molar-refractivity contribution in [1.82, 2.24) is 15.0 Å². The van der Waals surface area contributed by atoms with Crippen molar-refractivity contribution >= 4 is 17.8 Å². The number of aromatic nitrogens is 3. The van der Waals surface area contributed by atoms with Crippen molar-refractivity contribution in [2.75, 3.05) is 48.3 Å². The monoisotopic (exact) mass is 276 g/mol. The first kappa shape index (κ1) is 13.4. The largest absolute Gasteiger partial charge is 0.357 e. The average molecular weight is 276 g/mol. The van der Waals surface area contributed by atoms with Crippen LogP contribution < -0.4 is 15.1 Å². The molecule has 1 aromatic rings. The van der Waals surface area contributed by atoms with Gasteiger partial charge >= 0.3 is 0 Å². The van der Waals surface area contributed by atoms with Gasteiger partial charge in [0.1, 0.15) is 0 Å². The van der Waals surface area contributed by atoms with E-state index in [9.17, 15) is 0 Å². The summed E-state index contributed by atoms with van der Waals surface area (Å²) in [5, 5.41) is 3.06. The molecule has 20 heavy (non-hydrogen) atoms. The summed E-state index contributed by atoms with van der Waals surface area (Å²) in [6.07, 6.45) is 4.95. The van der Waals surface area contributed by atoms with Crippen LogP contribution in [0.1, 0.15) is 32.6 Å². The first-order chi connectivity index (χ1) is 9.80. The molecule has 2 aliphatic heterocycles. The second-order valence-electron chi connectivity index (χ2n) is 5.71. The Morgan fingerprint density at radius 2 is 1.75 bits per heavy atom. The fourth-order valence-electron chi connectivity index (χ4n) is 3.01. The second kappa shape index (κ2) is 5.81. The third-order valence-corrected chi connectivity index (χ3v) is 4.37. The van der Waals surface area contributed by atoms with Crippen LogP contribution in [-0.2, 0) is 0 Å². The van der Waals surface area contributed by atoms with Gasteiger partial charge in [-0.15, -0.1) is 0 Å². The molecule has 6 nitrogen and oxygen atoms in total. The molecule has 2 saturated heterocycles. The number of hydrogen-bond acceptors (Lipinski definition) is 6. The molecule has 1 unspecified atom stereocenters. The smallest absolute Gasteiger partial charge is 0.231 e. The molecule has 0 spiro atoms. The number of nitrogens with zero attached hydrogens (tertiary/aromatic N) is 5. The summed E-state index contributed by atoms with van der Waals surface area (Å²) in [6, 6.07) is 0. The second-order valence-corrected chi connectivity index (χ2v) is 5.71. The van der Waals surface area contributed by atoms with Crippen molar-refractivity contribution in [3.8, 4) is 0 Å². The van der Waals surface area contributed by atoms with Gasteiger partial charge in [-0.2, -0.15) is 15.0 Å². The van der Waals surface area contributed by atoms with Gasteiger partial charge in [-0.25, -0.2) is 0 Å². The Hall–Kier alpha value is -1.59. The predicted octanol–water partition coefficient (Wildman–Crippen LogP) is 1.75. The van der Waals surface area contributed by atoms with Crippen LogP contribution in [-0.4, -0.2) is 48.2 Å². The Morgan fingerprint density at radius 1 is 1.05 bits per heavy atom. The zero-order chi connectivity index (χ0) is 13.9. The normalized spacial score (nSPS) is 22.6. The van der Waals surface area contributed by atoms with E-state index in [1.807, 2.05) is 7.05 Å². The Kier molecular flexibility index (Phi) is 3.89. The molecule has 1 N–H and O–H groups in total. The fraction of sp³-hybridized carbons (Fsp3) is 0.786. The molecule has 2 aliphatic rings. The first-order valence-electron chi connectivity index (χ1n) is 7.74. The van der Waals surface area contributed by atoms with Crippen molar-refractivity contribution < 1.29 is 0 Å². The minimum atomic E-state index is 0.678. The van der Waals surface area contributed by atoms with Crippen molar-refractivity contribution in [2.24, 2.45) is 5.92 Å². The van der Waals surface area contributed by atoms with Crippen molar-refractivity contribution in [2.45, 2.75) is 32.6 Å². The van der Waals surface area contributed by atoms with E-state index in [-0.39, 0.29) is 0 Å². The number of rotatable bonds is 4. The molecule has 110 valence electrons. The maximum absolute atomic E-state index is 4.70. The van der Waals surface area contributed by atoms with Crippen LogP contribution >= 0.6 is 0 Å². The lowest BCUT2D eigenvalue weighted by atomic mass is 10.1. The highest BCUT2D eigenvalue weighted by Crippen LogP contribution is 2.25. The lowest BCUT2D eigenvalue weighted by Gasteiger charge is -2.20. The molecule has 0 bridgehead atoms. The molecule has 0 aliphatic carbocycles. The topological polar surface area (TPSA) is 57.2 Å². The Labute approximate surface area is 120 Å². The van der Waals surface area contributed by atoms with E-state index in [4.69, 9.17) is 4.98 Å². The van der Waals surface area contributed by atoms with E-state index >= 15 is 0 Å². The molecule has 0 amide bonds. The molecule has 3 heterocycles. The van der Waals surface area contributed by atoms with Crippen molar-refractivity contribution in [1.29, 1.82) is 0 Å². The van der Waals surface area contributed by atoms with Crippen LogP contribution in [0.2, 0.25) is 0 Å². The quantitative estimate of drug-likeness (QED) is 0.904. The number of hydrogen-bond donors (Lipinski definition) is 1. The van der Waals surface area contributed by atoms with Gasteiger partial charge in [-0.3, -0.25) is 0 Å². The van der Waals surface area contributed by atoms with Crippen LogP contribution in [0.25, 0.3) is 0 Å². The van der Waals surface area contributed by atoms with Gasteiger partial charge in [-0.05, 0) is 25.2 Å². The Bertz CT molecular complexity index is 457. The summed E-state index contributed by atoms with van der Waals surface area (Å²) in [6.45, 7) is 6.51. The molecule has 1 aromatic heterocycles. The first-order valence-corrected chi connectivity index (χ1v) is 7.74. The van der Waals surface area contributed by atoms with Crippen molar-refractivity contribution in [3.05, 3.63) is 0 Å². The van der Waals surface area contributed by atoms with Crippen LogP contribution in [0.3, 0.4) is 0 Å². The van der Waals surface area contributed by atoms with Gasteiger partial charge < -0.3 is 15.1 Å². The Balaban J connectivity index is 1.84. The van der Waals surface area contributed by atoms with Gasteiger partial charge in [0, 0.05) is 33.2 Å². The number of anilines is 3. The zero-order valence-electron chi connectivity index (χ0n) is 12.5. The summed E-state index contributed by atoms with van der Waals surface area (Å²) in [5.74, 6) is 3.12. The third kappa shape index (κ3) is 2.64. The molecule has 0 saturated carbocycles. The van der Waals surface area contributed by atoms with Gasteiger partial charge in [-0.1, -0.05) is 13.3 Å². The summed E-state index contributed by atoms with van der Waals surface area (Å²) in [5.41, 5.74) is 0. The summed E-state index contributed by atoms with van der Waals surface area (Å²) >= 11 is 0. The molecule has 3 rings (SSSR count). The molecule has 2 fully saturated rings. The lowest BCUT2D eigenvalue weighted by molar-refractivity contribution is 0.568. The van der Waals surface area contributed by atoms with E-state index in [2.05, 4.69) is 32.0 Å². The van der Waals surface area contributed by atoms with E-state index in [1.54, 1.807) is 0 Å². The highest BCUT2D eigenvalue weighted by atomic mass is 15.4. The molecule has 0 aromatic carbocycles. The summed E-state index contributed by atoms with van der Waals surface area (Å²) < 4.78 is 0. The minimum Gasteiger partial charge on any atom is -0.357 e. The molecular formula is C14H24N6. The Morgan fingerprint density at radius 3 is 2.35 bits per heavy atom. The molecular weight excluding hydrogens is 252 g/mol. The minimum absolute atomic E-state index is 0.678. The SMILES string of the molecule is CCC1CCN(c2nc(NC)nc(N3CCCC3)n2)C1. The van der Waals surface area contributed by atoms with Gasteiger partial charge in [0.2, 0.25) is 17.8 Å². The molecule has 0 radical (unpaired) electrons. The van der Waals surface area contributed by atoms with Crippen LogP contribution in [0.15, 0.2) is 0 Å². The van der Waals surface area contributed by atoms with E-state index in [0.717, 1.165) is 44.0 Å². The maximum Gasteiger partial charge on any atom is 0.231 e. The van der Waals surface area contributed by atoms with E-state index < -0.39 is 0 Å². The number of nitrogens with one attached hydrogen (secondary N) is 1. The predicted molar refractivity (Wildman–Crippen MR) is 81.4 cm³/mol. The lowest BCUT2D eigenvalue weighted by Crippen LogP contribution is -2.26. The van der Waals surface area contributed by atoms with E-state index in [0.29, 0.717) is 5.95 Å². The van der Waals surface area contributed by atoms with Crippen LogP contribution in [0, 0.1) is 5.92 Å². The standard InChI is InChI=1S/C14H24N6/c1-3-11-6-9-20(10-11)14-17-12(15-2)16-13(18-14)19-7-4-5-8-19/h11H,3-10H2,1-2H3,(H,15,16,17,18). The van der Waals surface area contributed by atoms with Crippen LogP contribution in [0.5, 0.6) is 0 Å². The highest BCUT2D eigenvalue weighted by Gasteiger charge is 2.25. The van der Waals surface area contributed by atoms with Crippen molar-refractivity contribution in [3.63, 3.8) is 0 Å². The molecule has 6 heteroatoms. The average Bonchev–Trinajstić information content (AvgIpc) is 3.17.